The summed E-state index contributed by atoms with van der Waals surface area (Å²) in [5.74, 6) is 0.848. The zero-order valence-corrected chi connectivity index (χ0v) is 16.7. The number of nitrogens with zero attached hydrogens (tertiary/aromatic N) is 3. The lowest BCUT2D eigenvalue weighted by molar-refractivity contribution is 0.101. The van der Waals surface area contributed by atoms with Gasteiger partial charge in [-0.1, -0.05) is 46.3 Å². The first-order valence-electron chi connectivity index (χ1n) is 8.73. The lowest BCUT2D eigenvalue weighted by atomic mass is 10.1. The summed E-state index contributed by atoms with van der Waals surface area (Å²) in [4.78, 5) is 17.8. The Morgan fingerprint density at radius 2 is 1.73 bits per heavy atom. The van der Waals surface area contributed by atoms with Gasteiger partial charge in [-0.15, -0.1) is 0 Å². The highest BCUT2D eigenvalue weighted by Crippen LogP contribution is 2.31. The van der Waals surface area contributed by atoms with Crippen molar-refractivity contribution in [2.75, 3.05) is 5.33 Å². The molecule has 4 aromatic rings. The summed E-state index contributed by atoms with van der Waals surface area (Å²) < 4.78 is 4.20. The van der Waals surface area contributed by atoms with Crippen LogP contribution in [0.1, 0.15) is 28.5 Å². The molecule has 0 saturated carbocycles. The second-order valence-electron chi connectivity index (χ2n) is 6.54. The summed E-state index contributed by atoms with van der Waals surface area (Å²) in [6.07, 6.45) is 0. The Morgan fingerprint density at radius 1 is 1.08 bits per heavy atom. The minimum Gasteiger partial charge on any atom is -0.310 e. The lowest BCUT2D eigenvalue weighted by Gasteiger charge is -2.06. The summed E-state index contributed by atoms with van der Waals surface area (Å²) in [5, 5.41) is 0.268. The zero-order valence-electron chi connectivity index (χ0n) is 15.1. The molecule has 0 fully saturated rings. The minimum absolute atomic E-state index is 0.0322. The van der Waals surface area contributed by atoms with Crippen LogP contribution in [0.5, 0.6) is 0 Å². The summed E-state index contributed by atoms with van der Waals surface area (Å²) in [5.41, 5.74) is 6.94. The van der Waals surface area contributed by atoms with Crippen molar-refractivity contribution in [2.45, 2.75) is 27.3 Å². The average molecular weight is 410 g/mol. The predicted octanol–water partition coefficient (Wildman–Crippen LogP) is 5.17. The van der Waals surface area contributed by atoms with E-state index >= 15 is 0 Å². The van der Waals surface area contributed by atoms with Crippen molar-refractivity contribution < 1.29 is 4.79 Å². The maximum Gasteiger partial charge on any atom is 0.216 e. The van der Waals surface area contributed by atoms with Gasteiger partial charge in [0.25, 0.3) is 0 Å². The van der Waals surface area contributed by atoms with Gasteiger partial charge in [0.2, 0.25) is 5.78 Å². The van der Waals surface area contributed by atoms with E-state index in [9.17, 15) is 4.79 Å². The Bertz CT molecular complexity index is 1140. The van der Waals surface area contributed by atoms with Crippen LogP contribution in [0.25, 0.3) is 28.1 Å². The number of rotatable bonds is 4. The zero-order chi connectivity index (χ0) is 18.4. The second kappa shape index (κ2) is 6.40. The first-order chi connectivity index (χ1) is 12.6. The monoisotopic (exact) mass is 409 g/mol. The molecule has 4 nitrogen and oxygen atoms in total. The van der Waals surface area contributed by atoms with Crippen LogP contribution in [0, 0.1) is 13.8 Å². The van der Waals surface area contributed by atoms with Gasteiger partial charge in [0.15, 0.2) is 5.78 Å². The third-order valence-corrected chi connectivity index (χ3v) is 5.48. The van der Waals surface area contributed by atoms with Crippen LogP contribution in [-0.4, -0.2) is 25.1 Å². The molecule has 2 heterocycles. The van der Waals surface area contributed by atoms with E-state index in [1.807, 2.05) is 34.7 Å². The Labute approximate surface area is 160 Å². The van der Waals surface area contributed by atoms with Gasteiger partial charge in [-0.25, -0.2) is 4.98 Å². The maximum absolute atomic E-state index is 12.9. The fourth-order valence-electron chi connectivity index (χ4n) is 3.54. The number of hydrogen-bond donors (Lipinski definition) is 0. The van der Waals surface area contributed by atoms with E-state index in [4.69, 9.17) is 4.98 Å². The molecular weight excluding hydrogens is 390 g/mol. The molecule has 132 valence electrons. The van der Waals surface area contributed by atoms with Crippen molar-refractivity contribution in [3.05, 3.63) is 59.3 Å². The van der Waals surface area contributed by atoms with E-state index in [0.717, 1.165) is 34.6 Å². The largest absolute Gasteiger partial charge is 0.310 e. The highest BCUT2D eigenvalue weighted by Gasteiger charge is 2.24. The van der Waals surface area contributed by atoms with Crippen molar-refractivity contribution in [1.82, 2.24) is 14.0 Å². The molecule has 0 aliphatic rings. The lowest BCUT2D eigenvalue weighted by Crippen LogP contribution is -2.06. The summed E-state index contributed by atoms with van der Waals surface area (Å²) in [6.45, 7) is 7.12. The number of alkyl halides is 1. The topological polar surface area (TPSA) is 39.3 Å². The smallest absolute Gasteiger partial charge is 0.216 e. The molecule has 0 radical (unpaired) electrons. The van der Waals surface area contributed by atoms with Gasteiger partial charge in [-0.05, 0) is 44.0 Å². The van der Waals surface area contributed by atoms with Crippen LogP contribution in [0.15, 0.2) is 42.5 Å². The fourth-order valence-corrected chi connectivity index (χ4v) is 3.80. The first-order valence-corrected chi connectivity index (χ1v) is 9.85. The SMILES string of the molecule is CCn1c2cc(C)c(C)cc2n2c(C(=O)CBr)c(-c3ccccc3)nc12. The fraction of sp³-hybridized carbons (Fsp3) is 0.238. The van der Waals surface area contributed by atoms with Crippen molar-refractivity contribution in [3.63, 3.8) is 0 Å². The van der Waals surface area contributed by atoms with E-state index in [1.165, 1.54) is 11.1 Å². The van der Waals surface area contributed by atoms with Crippen molar-refractivity contribution in [3.8, 4) is 11.3 Å². The molecular formula is C21H20BrN3O. The van der Waals surface area contributed by atoms with Gasteiger partial charge in [-0.3, -0.25) is 9.20 Å². The highest BCUT2D eigenvalue weighted by atomic mass is 79.9. The molecule has 0 saturated heterocycles. The van der Waals surface area contributed by atoms with Crippen LogP contribution in [0.2, 0.25) is 0 Å². The third-order valence-electron chi connectivity index (χ3n) is 4.97. The number of hydrogen-bond acceptors (Lipinski definition) is 2. The third kappa shape index (κ3) is 2.42. The molecule has 2 aromatic heterocycles. The maximum atomic E-state index is 12.9. The highest BCUT2D eigenvalue weighted by molar-refractivity contribution is 9.09. The summed E-state index contributed by atoms with van der Waals surface area (Å²) in [6, 6.07) is 14.3. The van der Waals surface area contributed by atoms with E-state index in [1.54, 1.807) is 0 Å². The average Bonchev–Trinajstić information content (AvgIpc) is 3.17. The molecule has 26 heavy (non-hydrogen) atoms. The number of carbonyl (C=O) groups is 1. The normalized spacial score (nSPS) is 11.5. The van der Waals surface area contributed by atoms with Gasteiger partial charge < -0.3 is 4.57 Å². The molecule has 4 rings (SSSR count). The van der Waals surface area contributed by atoms with Crippen molar-refractivity contribution >= 4 is 38.5 Å². The first kappa shape index (κ1) is 17.0. The minimum atomic E-state index is 0.0322. The van der Waals surface area contributed by atoms with Gasteiger partial charge in [0, 0.05) is 12.1 Å². The van der Waals surface area contributed by atoms with Crippen LogP contribution in [0.3, 0.4) is 0 Å². The van der Waals surface area contributed by atoms with Gasteiger partial charge in [0.05, 0.1) is 16.4 Å². The predicted molar refractivity (Wildman–Crippen MR) is 109 cm³/mol. The summed E-state index contributed by atoms with van der Waals surface area (Å²) >= 11 is 3.35. The van der Waals surface area contributed by atoms with E-state index in [-0.39, 0.29) is 11.1 Å². The van der Waals surface area contributed by atoms with Crippen molar-refractivity contribution in [2.24, 2.45) is 0 Å². The molecule has 0 N–H and O–H groups in total. The standard InChI is InChI=1S/C21H20BrN3O/c1-4-24-16-10-13(2)14(3)11-17(16)25-20(18(26)12-22)19(23-21(24)25)15-8-6-5-7-9-15/h5-11H,4,12H2,1-3H3. The Morgan fingerprint density at radius 3 is 2.35 bits per heavy atom. The second-order valence-corrected chi connectivity index (χ2v) is 7.10. The van der Waals surface area contributed by atoms with Crippen LogP contribution in [-0.2, 0) is 6.54 Å². The molecule has 0 aliphatic carbocycles. The Balaban J connectivity index is 2.19. The van der Waals surface area contributed by atoms with Gasteiger partial charge >= 0.3 is 0 Å². The number of aromatic nitrogens is 3. The van der Waals surface area contributed by atoms with Gasteiger partial charge in [-0.2, -0.15) is 0 Å². The molecule has 0 unspecified atom stereocenters. The van der Waals surface area contributed by atoms with Crippen LogP contribution in [0.4, 0.5) is 0 Å². The number of halogens is 1. The summed E-state index contributed by atoms with van der Waals surface area (Å²) in [7, 11) is 0. The molecule has 0 bridgehead atoms. The quantitative estimate of drug-likeness (QED) is 0.344. The molecule has 0 aliphatic heterocycles. The number of carbonyl (C=O) groups excluding carboxylic acids is 1. The van der Waals surface area contributed by atoms with E-state index in [2.05, 4.69) is 53.4 Å². The number of Topliss-reactive ketones (excluding diaryl/α,β-unsaturated/α-hetero) is 1. The molecule has 0 amide bonds. The number of aryl methyl sites for hydroxylation is 3. The Hall–Kier alpha value is -2.40. The molecule has 5 heteroatoms. The van der Waals surface area contributed by atoms with E-state index in [0.29, 0.717) is 5.69 Å². The Kier molecular flexibility index (Phi) is 4.19. The number of benzene rings is 2. The molecule has 2 aromatic carbocycles. The van der Waals surface area contributed by atoms with Crippen LogP contribution < -0.4 is 0 Å². The van der Waals surface area contributed by atoms with E-state index < -0.39 is 0 Å². The number of imidazole rings is 2. The molecule has 0 atom stereocenters. The van der Waals surface area contributed by atoms with Gasteiger partial charge in [0.1, 0.15) is 11.4 Å². The van der Waals surface area contributed by atoms with Crippen molar-refractivity contribution in [1.29, 1.82) is 0 Å². The molecule has 0 spiro atoms. The number of fused-ring (bicyclic) bond motifs is 3. The number of ketones is 1. The van der Waals surface area contributed by atoms with Crippen LogP contribution >= 0.6 is 15.9 Å².